The molecular formula is C27H37N7O3. The van der Waals surface area contributed by atoms with Crippen molar-refractivity contribution in [2.24, 2.45) is 13.0 Å². The number of likely N-dealkylation sites (N-methyl/N-ethyl adjacent to an activating group) is 1. The molecule has 10 heteroatoms. The molecule has 0 saturated carbocycles. The number of benzene rings is 1. The van der Waals surface area contributed by atoms with Gasteiger partial charge in [-0.3, -0.25) is 14.3 Å². The predicted molar refractivity (Wildman–Crippen MR) is 142 cm³/mol. The van der Waals surface area contributed by atoms with Crippen molar-refractivity contribution < 1.29 is 14.4 Å². The fraction of sp³-hybridized carbons (Fsp3) is 0.481. The fourth-order valence-corrected chi connectivity index (χ4v) is 5.43. The Kier molecular flexibility index (Phi) is 7.40. The van der Waals surface area contributed by atoms with E-state index >= 15 is 0 Å². The normalized spacial score (nSPS) is 19.0. The maximum atomic E-state index is 13.6. The standard InChI is InChI=1S/C27H37N7O3/c1-7-22(35)33-14-13-19(15-33)25(36)29-24-20-16-34(27(2,3)23(20)32(6)30-24)26(37)28-21(17-31(4)5)18-11-9-8-10-12-18/h7-12,19,21H,1,13-17H2,2-6H3,(H,28,37)(H,29,30,36)/t19?,21-/m1/s1. The second kappa shape index (κ2) is 10.4. The number of rotatable bonds is 7. The average Bonchev–Trinajstić information content (AvgIpc) is 3.53. The van der Waals surface area contributed by atoms with E-state index in [0.717, 1.165) is 16.8 Å². The van der Waals surface area contributed by atoms with Crippen molar-refractivity contribution in [3.8, 4) is 0 Å². The SMILES string of the molecule is C=CC(=O)N1CCC(C(=O)Nc2nn(C)c3c2CN(C(=O)N[C@H](CN(C)C)c2ccccc2)C3(C)C)C1. The number of aryl methyl sites for hydroxylation is 1. The molecule has 0 spiro atoms. The minimum atomic E-state index is -0.635. The lowest BCUT2D eigenvalue weighted by molar-refractivity contribution is -0.125. The van der Waals surface area contributed by atoms with Crippen LogP contribution >= 0.6 is 0 Å². The van der Waals surface area contributed by atoms with Gasteiger partial charge in [0.1, 0.15) is 0 Å². The number of carbonyl (C=O) groups is 3. The van der Waals surface area contributed by atoms with E-state index in [2.05, 4.69) is 22.3 Å². The van der Waals surface area contributed by atoms with Crippen LogP contribution < -0.4 is 10.6 Å². The minimum Gasteiger partial charge on any atom is -0.338 e. The van der Waals surface area contributed by atoms with E-state index in [1.165, 1.54) is 6.08 Å². The molecular weight excluding hydrogens is 470 g/mol. The van der Waals surface area contributed by atoms with Crippen LogP contribution in [0.5, 0.6) is 0 Å². The summed E-state index contributed by atoms with van der Waals surface area (Å²) in [4.78, 5) is 44.0. The van der Waals surface area contributed by atoms with Gasteiger partial charge >= 0.3 is 6.03 Å². The molecule has 2 atom stereocenters. The summed E-state index contributed by atoms with van der Waals surface area (Å²) in [6.07, 6.45) is 1.86. The molecule has 2 aliphatic rings. The Balaban J connectivity index is 1.50. The van der Waals surface area contributed by atoms with Crippen LogP contribution in [-0.4, -0.2) is 76.1 Å². The molecule has 198 valence electrons. The quantitative estimate of drug-likeness (QED) is 0.561. The van der Waals surface area contributed by atoms with Gasteiger partial charge in [0.2, 0.25) is 11.8 Å². The number of aromatic nitrogens is 2. The number of hydrogen-bond donors (Lipinski definition) is 2. The third-order valence-corrected chi connectivity index (χ3v) is 7.30. The molecule has 0 bridgehead atoms. The number of anilines is 1. The topological polar surface area (TPSA) is 103 Å². The van der Waals surface area contributed by atoms with Gasteiger partial charge in [-0.25, -0.2) is 4.79 Å². The molecule has 4 amide bonds. The average molecular weight is 508 g/mol. The number of nitrogens with one attached hydrogen (secondary N) is 2. The molecule has 0 aliphatic carbocycles. The summed E-state index contributed by atoms with van der Waals surface area (Å²) in [5.74, 6) is -0.183. The molecule has 1 aromatic heterocycles. The maximum absolute atomic E-state index is 13.6. The molecule has 1 saturated heterocycles. The monoisotopic (exact) mass is 507 g/mol. The van der Waals surface area contributed by atoms with E-state index in [1.807, 2.05) is 70.2 Å². The molecule has 10 nitrogen and oxygen atoms in total. The highest BCUT2D eigenvalue weighted by Gasteiger charge is 2.45. The molecule has 2 N–H and O–H groups in total. The van der Waals surface area contributed by atoms with Gasteiger partial charge in [0.05, 0.1) is 29.7 Å². The van der Waals surface area contributed by atoms with Crippen molar-refractivity contribution in [3.05, 3.63) is 59.8 Å². The van der Waals surface area contributed by atoms with E-state index in [4.69, 9.17) is 0 Å². The Morgan fingerprint density at radius 2 is 1.95 bits per heavy atom. The van der Waals surface area contributed by atoms with Gasteiger partial charge in [0, 0.05) is 32.2 Å². The molecule has 3 heterocycles. The van der Waals surface area contributed by atoms with Gasteiger partial charge in [0.25, 0.3) is 0 Å². The Morgan fingerprint density at radius 3 is 2.59 bits per heavy atom. The molecule has 1 unspecified atom stereocenters. The Bertz CT molecular complexity index is 1190. The molecule has 2 aromatic rings. The van der Waals surface area contributed by atoms with E-state index in [0.29, 0.717) is 38.4 Å². The molecule has 2 aliphatic heterocycles. The van der Waals surface area contributed by atoms with Gasteiger partial charge in [-0.1, -0.05) is 36.9 Å². The van der Waals surface area contributed by atoms with Crippen molar-refractivity contribution in [1.82, 2.24) is 29.8 Å². The maximum Gasteiger partial charge on any atom is 0.319 e. The largest absolute Gasteiger partial charge is 0.338 e. The lowest BCUT2D eigenvalue weighted by atomic mass is 10.0. The summed E-state index contributed by atoms with van der Waals surface area (Å²) >= 11 is 0. The molecule has 4 rings (SSSR count). The van der Waals surface area contributed by atoms with E-state index < -0.39 is 5.54 Å². The van der Waals surface area contributed by atoms with Crippen LogP contribution in [0.2, 0.25) is 0 Å². The van der Waals surface area contributed by atoms with Crippen LogP contribution in [0.25, 0.3) is 0 Å². The van der Waals surface area contributed by atoms with Crippen molar-refractivity contribution in [2.75, 3.05) is 39.0 Å². The van der Waals surface area contributed by atoms with Crippen molar-refractivity contribution in [2.45, 2.75) is 38.4 Å². The van der Waals surface area contributed by atoms with E-state index in [-0.39, 0.29) is 29.8 Å². The first-order valence-electron chi connectivity index (χ1n) is 12.6. The smallest absolute Gasteiger partial charge is 0.319 e. The van der Waals surface area contributed by atoms with Gasteiger partial charge in [0.15, 0.2) is 5.82 Å². The summed E-state index contributed by atoms with van der Waals surface area (Å²) in [6.45, 7) is 9.38. The van der Waals surface area contributed by atoms with Crippen molar-refractivity contribution >= 4 is 23.7 Å². The zero-order chi connectivity index (χ0) is 26.9. The highest BCUT2D eigenvalue weighted by molar-refractivity contribution is 5.94. The predicted octanol–water partition coefficient (Wildman–Crippen LogP) is 2.46. The fourth-order valence-electron chi connectivity index (χ4n) is 5.43. The first kappa shape index (κ1) is 26.4. The van der Waals surface area contributed by atoms with Crippen molar-refractivity contribution in [3.63, 3.8) is 0 Å². The third kappa shape index (κ3) is 5.24. The summed E-state index contributed by atoms with van der Waals surface area (Å²) < 4.78 is 1.74. The number of urea groups is 1. The number of carbonyl (C=O) groups excluding carboxylic acids is 3. The van der Waals surface area contributed by atoms with E-state index in [1.54, 1.807) is 14.5 Å². The Morgan fingerprint density at radius 1 is 1.24 bits per heavy atom. The van der Waals surface area contributed by atoms with E-state index in [9.17, 15) is 14.4 Å². The Labute approximate surface area is 218 Å². The molecule has 37 heavy (non-hydrogen) atoms. The first-order valence-corrected chi connectivity index (χ1v) is 12.6. The second-order valence-corrected chi connectivity index (χ2v) is 10.6. The summed E-state index contributed by atoms with van der Waals surface area (Å²) in [5, 5.41) is 10.8. The summed E-state index contributed by atoms with van der Waals surface area (Å²) in [7, 11) is 5.79. The number of fused-ring (bicyclic) bond motifs is 1. The second-order valence-electron chi connectivity index (χ2n) is 10.6. The number of amides is 4. The number of hydrogen-bond acceptors (Lipinski definition) is 5. The first-order chi connectivity index (χ1) is 17.5. The third-order valence-electron chi connectivity index (χ3n) is 7.30. The van der Waals surface area contributed by atoms with Crippen LogP contribution in [0.4, 0.5) is 10.6 Å². The lowest BCUT2D eigenvalue weighted by Crippen LogP contribution is -2.49. The number of nitrogens with zero attached hydrogens (tertiary/aromatic N) is 5. The van der Waals surface area contributed by atoms with Crippen LogP contribution in [0.15, 0.2) is 43.0 Å². The van der Waals surface area contributed by atoms with Crippen LogP contribution in [0.1, 0.15) is 43.1 Å². The van der Waals surface area contributed by atoms with Gasteiger partial charge in [-0.15, -0.1) is 0 Å². The summed E-state index contributed by atoms with van der Waals surface area (Å²) in [6, 6.07) is 9.58. The number of likely N-dealkylation sites (tertiary alicyclic amines) is 1. The minimum absolute atomic E-state index is 0.166. The van der Waals surface area contributed by atoms with Crippen LogP contribution in [0.3, 0.4) is 0 Å². The van der Waals surface area contributed by atoms with Crippen LogP contribution in [0, 0.1) is 5.92 Å². The molecule has 1 aromatic carbocycles. The van der Waals surface area contributed by atoms with Gasteiger partial charge in [-0.2, -0.15) is 5.10 Å². The van der Waals surface area contributed by atoms with Crippen molar-refractivity contribution in [1.29, 1.82) is 0 Å². The molecule has 0 radical (unpaired) electrons. The Hall–Kier alpha value is -3.66. The summed E-state index contributed by atoms with van der Waals surface area (Å²) in [5.41, 5.74) is 2.12. The van der Waals surface area contributed by atoms with Gasteiger partial charge < -0.3 is 25.3 Å². The molecule has 1 fully saturated rings. The lowest BCUT2D eigenvalue weighted by Gasteiger charge is -2.34. The highest BCUT2D eigenvalue weighted by Crippen LogP contribution is 2.42. The zero-order valence-electron chi connectivity index (χ0n) is 22.3. The van der Waals surface area contributed by atoms with Crippen LogP contribution in [-0.2, 0) is 28.7 Å². The van der Waals surface area contributed by atoms with Gasteiger partial charge in [-0.05, 0) is 46.0 Å². The zero-order valence-corrected chi connectivity index (χ0v) is 22.3. The highest BCUT2D eigenvalue weighted by atomic mass is 16.2.